The Bertz CT molecular complexity index is 523. The lowest BCUT2D eigenvalue weighted by Crippen LogP contribution is -2.04. The molecular formula is C10H10N4OS. The Morgan fingerprint density at radius 2 is 2.12 bits per heavy atom. The molecule has 1 aromatic heterocycles. The summed E-state index contributed by atoms with van der Waals surface area (Å²) < 4.78 is 0. The highest BCUT2D eigenvalue weighted by Crippen LogP contribution is 2.30. The number of nitrogens with two attached hydrogens (primary N) is 1. The van der Waals surface area contributed by atoms with Gasteiger partial charge in [-0.1, -0.05) is 23.5 Å². The number of benzene rings is 1. The number of carbonyl (C=O) groups excluding carboxylic acids is 1. The fourth-order valence-corrected chi connectivity index (χ4v) is 2.06. The van der Waals surface area contributed by atoms with E-state index in [1.807, 2.05) is 18.2 Å². The van der Waals surface area contributed by atoms with Crippen LogP contribution in [0.5, 0.6) is 0 Å². The van der Waals surface area contributed by atoms with E-state index in [9.17, 15) is 4.79 Å². The first kappa shape index (κ1) is 10.6. The summed E-state index contributed by atoms with van der Waals surface area (Å²) in [7, 11) is 0. The molecule has 5 nitrogen and oxygen atoms in total. The topological polar surface area (TPSA) is 80.9 Å². The molecule has 0 fully saturated rings. The smallest absolute Gasteiger partial charge is 0.223 e. The molecule has 0 aliphatic carbocycles. The summed E-state index contributed by atoms with van der Waals surface area (Å²) in [6.07, 6.45) is 0. The van der Waals surface area contributed by atoms with Crippen LogP contribution >= 0.6 is 11.3 Å². The van der Waals surface area contributed by atoms with Crippen LogP contribution in [0.3, 0.4) is 0 Å². The van der Waals surface area contributed by atoms with Crippen molar-refractivity contribution in [2.75, 3.05) is 11.1 Å². The zero-order valence-electron chi connectivity index (χ0n) is 8.60. The Labute approximate surface area is 96.3 Å². The van der Waals surface area contributed by atoms with Crippen LogP contribution in [0, 0.1) is 0 Å². The van der Waals surface area contributed by atoms with Gasteiger partial charge < -0.3 is 11.1 Å². The van der Waals surface area contributed by atoms with Gasteiger partial charge in [0.25, 0.3) is 0 Å². The monoisotopic (exact) mass is 234 g/mol. The number of hydrogen-bond donors (Lipinski definition) is 2. The number of rotatable bonds is 2. The van der Waals surface area contributed by atoms with E-state index >= 15 is 0 Å². The Morgan fingerprint density at radius 3 is 2.81 bits per heavy atom. The maximum atomic E-state index is 10.8. The van der Waals surface area contributed by atoms with Gasteiger partial charge in [-0.05, 0) is 12.1 Å². The van der Waals surface area contributed by atoms with E-state index in [1.54, 1.807) is 6.07 Å². The van der Waals surface area contributed by atoms with Crippen LogP contribution in [0.2, 0.25) is 0 Å². The predicted molar refractivity (Wildman–Crippen MR) is 64.1 cm³/mol. The molecule has 0 spiro atoms. The first-order chi connectivity index (χ1) is 7.66. The first-order valence-electron chi connectivity index (χ1n) is 4.63. The molecule has 6 heteroatoms. The normalized spacial score (nSPS) is 10.1. The number of nitrogens with one attached hydrogen (secondary N) is 1. The summed E-state index contributed by atoms with van der Waals surface area (Å²) in [4.78, 5) is 10.8. The highest BCUT2D eigenvalue weighted by Gasteiger charge is 2.09. The molecular weight excluding hydrogens is 224 g/mol. The Balaban J connectivity index is 2.32. The lowest BCUT2D eigenvalue weighted by molar-refractivity contribution is -0.114. The molecule has 0 aliphatic rings. The highest BCUT2D eigenvalue weighted by molar-refractivity contribution is 7.18. The summed E-state index contributed by atoms with van der Waals surface area (Å²) in [5.74, 6) is -0.163. The van der Waals surface area contributed by atoms with Gasteiger partial charge in [0.05, 0.1) is 0 Å². The second-order valence-corrected chi connectivity index (χ2v) is 4.16. The van der Waals surface area contributed by atoms with Crippen LogP contribution in [0.4, 0.5) is 10.8 Å². The van der Waals surface area contributed by atoms with E-state index in [0.29, 0.717) is 15.8 Å². The zero-order valence-corrected chi connectivity index (χ0v) is 9.41. The van der Waals surface area contributed by atoms with Crippen molar-refractivity contribution in [3.05, 3.63) is 24.3 Å². The van der Waals surface area contributed by atoms with Gasteiger partial charge in [-0.15, -0.1) is 10.2 Å². The number of nitrogen functional groups attached to an aromatic ring is 1. The number of para-hydroxylation sites is 1. The maximum Gasteiger partial charge on any atom is 0.223 e. The van der Waals surface area contributed by atoms with Crippen LogP contribution < -0.4 is 11.1 Å². The zero-order chi connectivity index (χ0) is 11.5. The summed E-state index contributed by atoms with van der Waals surface area (Å²) in [6, 6.07) is 7.40. The Hall–Kier alpha value is -1.95. The predicted octanol–water partition coefficient (Wildman–Crippen LogP) is 1.75. The van der Waals surface area contributed by atoms with Gasteiger partial charge in [0, 0.05) is 18.2 Å². The molecule has 0 radical (unpaired) electrons. The van der Waals surface area contributed by atoms with Gasteiger partial charge in [-0.25, -0.2) is 0 Å². The van der Waals surface area contributed by atoms with E-state index in [4.69, 9.17) is 5.73 Å². The minimum atomic E-state index is -0.163. The quantitative estimate of drug-likeness (QED) is 0.775. The van der Waals surface area contributed by atoms with Gasteiger partial charge >= 0.3 is 0 Å². The fourth-order valence-electron chi connectivity index (χ4n) is 1.22. The van der Waals surface area contributed by atoms with Crippen LogP contribution in [0.1, 0.15) is 6.92 Å². The molecule has 2 rings (SSSR count). The molecule has 0 unspecified atom stereocenters. The van der Waals surface area contributed by atoms with Crippen LogP contribution in [-0.4, -0.2) is 16.1 Å². The number of hydrogen-bond acceptors (Lipinski definition) is 5. The van der Waals surface area contributed by atoms with E-state index in [1.165, 1.54) is 18.3 Å². The third kappa shape index (κ3) is 2.17. The summed E-state index contributed by atoms with van der Waals surface area (Å²) in [6.45, 7) is 1.43. The minimum absolute atomic E-state index is 0.163. The van der Waals surface area contributed by atoms with Crippen molar-refractivity contribution in [1.29, 1.82) is 0 Å². The molecule has 3 N–H and O–H groups in total. The molecule has 2 aromatic rings. The average molecular weight is 234 g/mol. The minimum Gasteiger partial charge on any atom is -0.398 e. The fraction of sp³-hybridized carbons (Fsp3) is 0.100. The second kappa shape index (κ2) is 4.28. The maximum absolute atomic E-state index is 10.8. The third-order valence-corrected chi connectivity index (χ3v) is 2.77. The van der Waals surface area contributed by atoms with Crippen molar-refractivity contribution in [2.45, 2.75) is 6.92 Å². The molecule has 0 saturated heterocycles. The molecule has 82 valence electrons. The number of amides is 1. The average Bonchev–Trinajstić information content (AvgIpc) is 2.66. The number of carbonyl (C=O) groups is 1. The molecule has 1 heterocycles. The Morgan fingerprint density at radius 1 is 1.38 bits per heavy atom. The lowest BCUT2D eigenvalue weighted by Gasteiger charge is -1.98. The molecule has 1 aromatic carbocycles. The standard InChI is InChI=1S/C10H10N4OS/c1-6(15)12-10-14-13-9(16-10)7-4-2-3-5-8(7)11/h2-5H,11H2,1H3,(H,12,14,15). The summed E-state index contributed by atoms with van der Waals surface area (Å²) in [5, 5.41) is 11.6. The first-order valence-corrected chi connectivity index (χ1v) is 5.44. The van der Waals surface area contributed by atoms with E-state index in [-0.39, 0.29) is 5.91 Å². The highest BCUT2D eigenvalue weighted by atomic mass is 32.1. The van der Waals surface area contributed by atoms with Crippen molar-refractivity contribution in [2.24, 2.45) is 0 Å². The van der Waals surface area contributed by atoms with Crippen molar-refractivity contribution in [1.82, 2.24) is 10.2 Å². The van der Waals surface area contributed by atoms with Crippen LogP contribution in [-0.2, 0) is 4.79 Å². The molecule has 0 aliphatic heterocycles. The molecule has 16 heavy (non-hydrogen) atoms. The molecule has 0 bridgehead atoms. The molecule has 0 saturated carbocycles. The van der Waals surface area contributed by atoms with Crippen LogP contribution in [0.15, 0.2) is 24.3 Å². The van der Waals surface area contributed by atoms with Crippen molar-refractivity contribution in [3.63, 3.8) is 0 Å². The number of nitrogens with zero attached hydrogens (tertiary/aromatic N) is 2. The van der Waals surface area contributed by atoms with Crippen molar-refractivity contribution < 1.29 is 4.79 Å². The van der Waals surface area contributed by atoms with E-state index in [2.05, 4.69) is 15.5 Å². The van der Waals surface area contributed by atoms with E-state index < -0.39 is 0 Å². The van der Waals surface area contributed by atoms with Gasteiger partial charge in [0.1, 0.15) is 0 Å². The summed E-state index contributed by atoms with van der Waals surface area (Å²) in [5.41, 5.74) is 7.29. The van der Waals surface area contributed by atoms with Gasteiger partial charge in [-0.3, -0.25) is 4.79 Å². The lowest BCUT2D eigenvalue weighted by atomic mass is 10.2. The Kier molecular flexibility index (Phi) is 2.82. The van der Waals surface area contributed by atoms with Crippen LogP contribution in [0.25, 0.3) is 10.6 Å². The molecule has 1 amide bonds. The molecule has 0 atom stereocenters. The number of anilines is 2. The summed E-state index contributed by atoms with van der Waals surface area (Å²) >= 11 is 1.29. The second-order valence-electron chi connectivity index (χ2n) is 3.18. The van der Waals surface area contributed by atoms with Gasteiger partial charge in [0.2, 0.25) is 11.0 Å². The van der Waals surface area contributed by atoms with Gasteiger partial charge in [0.15, 0.2) is 5.01 Å². The SMILES string of the molecule is CC(=O)Nc1nnc(-c2ccccc2N)s1. The number of aromatic nitrogens is 2. The van der Waals surface area contributed by atoms with Crippen molar-refractivity contribution >= 4 is 28.1 Å². The van der Waals surface area contributed by atoms with E-state index in [0.717, 1.165) is 5.56 Å². The largest absolute Gasteiger partial charge is 0.398 e. The van der Waals surface area contributed by atoms with Gasteiger partial charge in [-0.2, -0.15) is 0 Å². The van der Waals surface area contributed by atoms with Crippen molar-refractivity contribution in [3.8, 4) is 10.6 Å². The third-order valence-electron chi connectivity index (χ3n) is 1.90.